The molecule has 0 radical (unpaired) electrons. The Morgan fingerprint density at radius 3 is 2.21 bits per heavy atom. The number of carbonyl (C=O) groups is 3. The van der Waals surface area contributed by atoms with Gasteiger partial charge in [0, 0.05) is 26.1 Å². The molecule has 2 aliphatic rings. The van der Waals surface area contributed by atoms with Gasteiger partial charge in [0.2, 0.25) is 11.8 Å². The molecule has 0 spiro atoms. The molecule has 2 aromatic rings. The van der Waals surface area contributed by atoms with Crippen molar-refractivity contribution in [3.8, 4) is 23.5 Å². The molecule has 3 atom stereocenters. The lowest BCUT2D eigenvalue weighted by atomic mass is 9.98. The number of likely N-dealkylation sites (tertiary alicyclic amines) is 1. The minimum Gasteiger partial charge on any atom is -0.448 e. The summed E-state index contributed by atoms with van der Waals surface area (Å²) in [5.41, 5.74) is 4.50. The summed E-state index contributed by atoms with van der Waals surface area (Å²) in [4.78, 5) is 42.2. The molecule has 0 saturated carbocycles. The highest BCUT2D eigenvalue weighted by atomic mass is 16.6. The van der Waals surface area contributed by atoms with E-state index in [9.17, 15) is 14.4 Å². The van der Waals surface area contributed by atoms with Crippen LogP contribution in [0.25, 0.3) is 11.1 Å². The zero-order valence-corrected chi connectivity index (χ0v) is 22.2. The van der Waals surface area contributed by atoms with Crippen LogP contribution in [0.1, 0.15) is 43.7 Å². The van der Waals surface area contributed by atoms with E-state index >= 15 is 0 Å². The summed E-state index contributed by atoms with van der Waals surface area (Å²) in [5, 5.41) is 2.79. The normalized spacial score (nSPS) is 16.5. The first-order valence-corrected chi connectivity index (χ1v) is 13.1. The van der Waals surface area contributed by atoms with Crippen molar-refractivity contribution >= 4 is 17.9 Å². The van der Waals surface area contributed by atoms with Gasteiger partial charge < -0.3 is 19.7 Å². The average Bonchev–Trinajstić information content (AvgIpc) is 3.59. The molecule has 3 amide bonds. The lowest BCUT2D eigenvalue weighted by Crippen LogP contribution is -2.57. The number of ether oxygens (including phenoxy) is 2. The van der Waals surface area contributed by atoms with E-state index in [1.807, 2.05) is 24.3 Å². The second-order valence-electron chi connectivity index (χ2n) is 9.83. The number of rotatable bonds is 9. The molecular weight excluding hydrogens is 482 g/mol. The molecular formula is C30H35N3O5. The summed E-state index contributed by atoms with van der Waals surface area (Å²) < 4.78 is 11.3. The number of likely N-dealkylation sites (N-methyl/N-ethyl adjacent to an activating group) is 1. The molecule has 1 saturated heterocycles. The van der Waals surface area contributed by atoms with Crippen LogP contribution in [0.5, 0.6) is 0 Å². The number of benzene rings is 2. The number of hydrogen-bond acceptors (Lipinski definition) is 5. The monoisotopic (exact) mass is 517 g/mol. The standard InChI is InChI=1S/C30H35N3O5/c1-5-18-37-21(3)27(29(35)33-16-10-11-17-33)31-28(34)20(2)32(4)30(36)38-19-26-24-14-8-6-12-22(24)23-13-7-9-15-25(23)26/h1,6-9,12-15,20-21,26-27H,10-11,16-19H2,2-4H3,(H,31,34)/t20-,21+,27?/m0/s1. The predicted octanol–water partition coefficient (Wildman–Crippen LogP) is 3.40. The minimum atomic E-state index is -0.910. The first-order chi connectivity index (χ1) is 18.3. The van der Waals surface area contributed by atoms with Crippen LogP contribution in [-0.4, -0.2) is 79.2 Å². The van der Waals surface area contributed by atoms with Gasteiger partial charge in [-0.05, 0) is 48.9 Å². The van der Waals surface area contributed by atoms with Crippen LogP contribution in [0.2, 0.25) is 0 Å². The van der Waals surface area contributed by atoms with E-state index in [4.69, 9.17) is 15.9 Å². The van der Waals surface area contributed by atoms with Crippen molar-refractivity contribution in [2.45, 2.75) is 50.8 Å². The summed E-state index contributed by atoms with van der Waals surface area (Å²) >= 11 is 0. The molecule has 1 aliphatic carbocycles. The van der Waals surface area contributed by atoms with Crippen LogP contribution < -0.4 is 5.32 Å². The summed E-state index contributed by atoms with van der Waals surface area (Å²) in [5.74, 6) is 1.62. The fraction of sp³-hybridized carbons (Fsp3) is 0.433. The summed E-state index contributed by atoms with van der Waals surface area (Å²) in [6.07, 6.45) is 5.91. The number of fused-ring (bicyclic) bond motifs is 3. The second-order valence-corrected chi connectivity index (χ2v) is 9.83. The molecule has 4 rings (SSSR count). The average molecular weight is 518 g/mol. The number of nitrogens with one attached hydrogen (secondary N) is 1. The Morgan fingerprint density at radius 2 is 1.63 bits per heavy atom. The Kier molecular flexibility index (Phi) is 8.70. The molecule has 8 heteroatoms. The van der Waals surface area contributed by atoms with Crippen LogP contribution in [-0.2, 0) is 19.1 Å². The van der Waals surface area contributed by atoms with Crippen molar-refractivity contribution in [1.29, 1.82) is 0 Å². The predicted molar refractivity (Wildman–Crippen MR) is 144 cm³/mol. The lowest BCUT2D eigenvalue weighted by molar-refractivity contribution is -0.140. The first-order valence-electron chi connectivity index (χ1n) is 13.1. The van der Waals surface area contributed by atoms with Crippen molar-refractivity contribution in [3.63, 3.8) is 0 Å². The van der Waals surface area contributed by atoms with Gasteiger partial charge in [0.05, 0.1) is 6.10 Å². The van der Waals surface area contributed by atoms with E-state index in [0.29, 0.717) is 13.1 Å². The number of carbonyl (C=O) groups excluding carboxylic acids is 3. The Hall–Kier alpha value is -3.83. The molecule has 1 fully saturated rings. The fourth-order valence-corrected chi connectivity index (χ4v) is 5.09. The first kappa shape index (κ1) is 27.2. The van der Waals surface area contributed by atoms with E-state index in [2.05, 4.69) is 35.5 Å². The van der Waals surface area contributed by atoms with E-state index in [1.54, 1.807) is 18.7 Å². The maximum atomic E-state index is 13.2. The third kappa shape index (κ3) is 5.68. The number of amides is 3. The van der Waals surface area contributed by atoms with Gasteiger partial charge in [0.1, 0.15) is 25.3 Å². The minimum absolute atomic E-state index is 0.0238. The van der Waals surface area contributed by atoms with E-state index in [0.717, 1.165) is 35.1 Å². The van der Waals surface area contributed by atoms with Crippen molar-refractivity contribution in [2.75, 3.05) is 33.4 Å². The summed E-state index contributed by atoms with van der Waals surface area (Å²) in [6, 6.07) is 14.4. The molecule has 1 heterocycles. The quantitative estimate of drug-likeness (QED) is 0.515. The van der Waals surface area contributed by atoms with Crippen LogP contribution >= 0.6 is 0 Å². The van der Waals surface area contributed by atoms with E-state index in [-0.39, 0.29) is 25.0 Å². The fourth-order valence-electron chi connectivity index (χ4n) is 5.09. The zero-order chi connectivity index (χ0) is 27.2. The smallest absolute Gasteiger partial charge is 0.410 e. The maximum absolute atomic E-state index is 13.2. The van der Waals surface area contributed by atoms with Gasteiger partial charge >= 0.3 is 6.09 Å². The van der Waals surface area contributed by atoms with E-state index < -0.39 is 30.2 Å². The Balaban J connectivity index is 1.39. The summed E-state index contributed by atoms with van der Waals surface area (Å²) in [7, 11) is 1.51. The molecule has 1 N–H and O–H groups in total. The number of terminal acetylenes is 1. The highest BCUT2D eigenvalue weighted by Crippen LogP contribution is 2.44. The van der Waals surface area contributed by atoms with Gasteiger partial charge in [-0.25, -0.2) is 4.79 Å². The lowest BCUT2D eigenvalue weighted by Gasteiger charge is -2.30. The van der Waals surface area contributed by atoms with Crippen molar-refractivity contribution in [2.24, 2.45) is 0 Å². The highest BCUT2D eigenvalue weighted by Gasteiger charge is 2.35. The molecule has 38 heavy (non-hydrogen) atoms. The largest absolute Gasteiger partial charge is 0.448 e. The van der Waals surface area contributed by atoms with Crippen LogP contribution in [0.4, 0.5) is 4.79 Å². The van der Waals surface area contributed by atoms with Crippen LogP contribution in [0.3, 0.4) is 0 Å². The van der Waals surface area contributed by atoms with Gasteiger partial charge in [-0.1, -0.05) is 54.5 Å². The molecule has 1 aliphatic heterocycles. The number of nitrogens with zero attached hydrogens (tertiary/aromatic N) is 2. The van der Waals surface area contributed by atoms with Gasteiger partial charge in [-0.2, -0.15) is 0 Å². The van der Waals surface area contributed by atoms with Crippen molar-refractivity contribution < 1.29 is 23.9 Å². The van der Waals surface area contributed by atoms with Gasteiger partial charge in [-0.15, -0.1) is 6.42 Å². The van der Waals surface area contributed by atoms with Gasteiger partial charge in [0.15, 0.2) is 0 Å². The van der Waals surface area contributed by atoms with Crippen molar-refractivity contribution in [3.05, 3.63) is 59.7 Å². The molecule has 200 valence electrons. The van der Waals surface area contributed by atoms with Crippen LogP contribution in [0.15, 0.2) is 48.5 Å². The Bertz CT molecular complexity index is 1170. The second kappa shape index (κ2) is 12.1. The van der Waals surface area contributed by atoms with E-state index in [1.165, 1.54) is 11.9 Å². The Labute approximate surface area is 224 Å². The third-order valence-corrected chi connectivity index (χ3v) is 7.46. The molecule has 0 aromatic heterocycles. The molecule has 8 nitrogen and oxygen atoms in total. The highest BCUT2D eigenvalue weighted by molar-refractivity contribution is 5.91. The molecule has 2 aromatic carbocycles. The molecule has 1 unspecified atom stereocenters. The third-order valence-electron chi connectivity index (χ3n) is 7.46. The van der Waals surface area contributed by atoms with Crippen LogP contribution in [0, 0.1) is 12.3 Å². The topological polar surface area (TPSA) is 88.2 Å². The van der Waals surface area contributed by atoms with Crippen molar-refractivity contribution in [1.82, 2.24) is 15.1 Å². The molecule has 0 bridgehead atoms. The summed E-state index contributed by atoms with van der Waals surface area (Å²) in [6.45, 7) is 4.76. The maximum Gasteiger partial charge on any atom is 0.410 e. The Morgan fingerprint density at radius 1 is 1.05 bits per heavy atom. The number of hydrogen-bond donors (Lipinski definition) is 1. The SMILES string of the molecule is C#CCO[C@H](C)C(NC(=O)[C@H](C)N(C)C(=O)OCC1c2ccccc2-c2ccccc21)C(=O)N1CCCC1. The zero-order valence-electron chi connectivity index (χ0n) is 22.2. The van der Waals surface area contributed by atoms with Gasteiger partial charge in [-0.3, -0.25) is 14.5 Å². The van der Waals surface area contributed by atoms with Gasteiger partial charge in [0.25, 0.3) is 0 Å².